The lowest BCUT2D eigenvalue weighted by molar-refractivity contribution is 0.558. The number of halogens is 1. The second-order valence-corrected chi connectivity index (χ2v) is 7.84. The van der Waals surface area contributed by atoms with Gasteiger partial charge in [0.25, 0.3) is 5.56 Å². The largest absolute Gasteiger partial charge is 0.282 e. The van der Waals surface area contributed by atoms with Gasteiger partial charge < -0.3 is 0 Å². The van der Waals surface area contributed by atoms with E-state index in [1.54, 1.807) is 23.5 Å². The number of hydrogen-bond acceptors (Lipinski definition) is 4. The summed E-state index contributed by atoms with van der Waals surface area (Å²) in [4.78, 5) is 18.5. The first-order valence-electron chi connectivity index (χ1n) is 7.25. The van der Waals surface area contributed by atoms with Gasteiger partial charge in [-0.1, -0.05) is 41.6 Å². The summed E-state index contributed by atoms with van der Waals surface area (Å²) in [5.74, 6) is 1.71. The normalized spacial score (nSPS) is 16.7. The molecule has 0 radical (unpaired) electrons. The van der Waals surface area contributed by atoms with E-state index < -0.39 is 0 Å². The molecule has 0 aliphatic carbocycles. The van der Waals surface area contributed by atoms with E-state index in [2.05, 4.69) is 4.98 Å². The molecule has 1 aliphatic heterocycles. The molecule has 116 valence electrons. The smallest absolute Gasteiger partial charge is 0.262 e. The van der Waals surface area contributed by atoms with Gasteiger partial charge in [0.2, 0.25) is 0 Å². The number of benzene rings is 2. The molecule has 0 saturated carbocycles. The zero-order chi connectivity index (χ0) is 15.8. The number of thioether (sulfide) groups is 2. The standard InChI is InChI=1S/C17H13ClN2OS2/c18-11-4-3-5-13(8-11)22-9-12-10-23-17-19-15-7-2-1-6-14(15)16(21)20(12)17/h1-8,12H,9-10H2/t12-/m0/s1. The van der Waals surface area contributed by atoms with Gasteiger partial charge in [0, 0.05) is 21.4 Å². The lowest BCUT2D eigenvalue weighted by atomic mass is 10.2. The average Bonchev–Trinajstić information content (AvgIpc) is 2.96. The van der Waals surface area contributed by atoms with Crippen molar-refractivity contribution in [1.29, 1.82) is 0 Å². The van der Waals surface area contributed by atoms with Gasteiger partial charge in [-0.15, -0.1) is 11.8 Å². The first-order chi connectivity index (χ1) is 11.2. The van der Waals surface area contributed by atoms with Crippen LogP contribution in [0.3, 0.4) is 0 Å². The van der Waals surface area contributed by atoms with Crippen molar-refractivity contribution in [2.45, 2.75) is 16.1 Å². The Morgan fingerprint density at radius 2 is 2.13 bits per heavy atom. The lowest BCUT2D eigenvalue weighted by Gasteiger charge is -2.13. The van der Waals surface area contributed by atoms with Crippen LogP contribution < -0.4 is 5.56 Å². The summed E-state index contributed by atoms with van der Waals surface area (Å²) in [6.45, 7) is 0. The van der Waals surface area contributed by atoms with Crippen molar-refractivity contribution < 1.29 is 0 Å². The average molecular weight is 361 g/mol. The minimum Gasteiger partial charge on any atom is -0.282 e. The highest BCUT2D eigenvalue weighted by molar-refractivity contribution is 8.00. The molecule has 1 aromatic heterocycles. The second kappa shape index (κ2) is 6.23. The number of aromatic nitrogens is 2. The van der Waals surface area contributed by atoms with Crippen LogP contribution in [0.4, 0.5) is 0 Å². The van der Waals surface area contributed by atoms with Crippen LogP contribution in [-0.2, 0) is 0 Å². The van der Waals surface area contributed by atoms with E-state index >= 15 is 0 Å². The molecule has 4 rings (SSSR count). The van der Waals surface area contributed by atoms with E-state index in [-0.39, 0.29) is 11.6 Å². The number of hydrogen-bond donors (Lipinski definition) is 0. The third kappa shape index (κ3) is 2.89. The molecule has 0 amide bonds. The lowest BCUT2D eigenvalue weighted by Crippen LogP contribution is -2.25. The van der Waals surface area contributed by atoms with Crippen molar-refractivity contribution >= 4 is 46.0 Å². The van der Waals surface area contributed by atoms with Gasteiger partial charge in [-0.05, 0) is 30.3 Å². The van der Waals surface area contributed by atoms with Gasteiger partial charge in [-0.25, -0.2) is 4.98 Å². The van der Waals surface area contributed by atoms with Gasteiger partial charge in [0.05, 0.1) is 16.9 Å². The summed E-state index contributed by atoms with van der Waals surface area (Å²) in [5, 5.41) is 2.25. The molecule has 23 heavy (non-hydrogen) atoms. The topological polar surface area (TPSA) is 34.9 Å². The fraction of sp³-hybridized carbons (Fsp3) is 0.176. The van der Waals surface area contributed by atoms with Gasteiger partial charge in [0.1, 0.15) is 0 Å². The SMILES string of the molecule is O=c1c2ccccc2nc2n1[C@@H](CSc1cccc(Cl)c1)CS2. The Hall–Kier alpha value is -1.43. The molecule has 0 fully saturated rings. The molecule has 3 aromatic rings. The van der Waals surface area contributed by atoms with E-state index in [0.29, 0.717) is 5.39 Å². The monoisotopic (exact) mass is 360 g/mol. The third-order valence-corrected chi connectivity index (χ3v) is 6.26. The quantitative estimate of drug-likeness (QED) is 0.509. The van der Waals surface area contributed by atoms with E-state index in [9.17, 15) is 4.79 Å². The molecule has 1 aliphatic rings. The Labute approximate surface area is 147 Å². The Morgan fingerprint density at radius 1 is 1.26 bits per heavy atom. The van der Waals surface area contributed by atoms with Crippen molar-refractivity contribution in [1.82, 2.24) is 9.55 Å². The summed E-state index contributed by atoms with van der Waals surface area (Å²) in [7, 11) is 0. The summed E-state index contributed by atoms with van der Waals surface area (Å²) in [6, 6.07) is 15.5. The number of para-hydroxylation sites is 1. The highest BCUT2D eigenvalue weighted by Crippen LogP contribution is 2.35. The Kier molecular flexibility index (Phi) is 4.09. The van der Waals surface area contributed by atoms with Gasteiger partial charge in [0.15, 0.2) is 5.16 Å². The van der Waals surface area contributed by atoms with E-state index in [1.165, 1.54) is 0 Å². The van der Waals surface area contributed by atoms with Crippen molar-refractivity contribution in [3.05, 3.63) is 63.9 Å². The van der Waals surface area contributed by atoms with Crippen LogP contribution in [0.25, 0.3) is 10.9 Å². The van der Waals surface area contributed by atoms with E-state index in [0.717, 1.165) is 32.1 Å². The molecule has 2 heterocycles. The zero-order valence-electron chi connectivity index (χ0n) is 12.1. The Bertz CT molecular complexity index is 941. The maximum Gasteiger partial charge on any atom is 0.262 e. The second-order valence-electron chi connectivity index (χ2n) is 5.32. The molecule has 0 unspecified atom stereocenters. The summed E-state index contributed by atoms with van der Waals surface area (Å²) >= 11 is 9.41. The molecule has 3 nitrogen and oxygen atoms in total. The fourth-order valence-corrected chi connectivity index (χ4v) is 5.25. The molecule has 1 atom stereocenters. The molecule has 2 aromatic carbocycles. The van der Waals surface area contributed by atoms with Crippen molar-refractivity contribution in [2.24, 2.45) is 0 Å². The highest BCUT2D eigenvalue weighted by atomic mass is 35.5. The maximum absolute atomic E-state index is 12.8. The van der Waals surface area contributed by atoms with Crippen LogP contribution in [0.15, 0.2) is 63.4 Å². The summed E-state index contributed by atoms with van der Waals surface area (Å²) < 4.78 is 1.85. The van der Waals surface area contributed by atoms with Gasteiger partial charge in [-0.3, -0.25) is 9.36 Å². The molecule has 0 bridgehead atoms. The maximum atomic E-state index is 12.8. The van der Waals surface area contributed by atoms with Crippen LogP contribution in [-0.4, -0.2) is 21.1 Å². The zero-order valence-corrected chi connectivity index (χ0v) is 14.5. The Morgan fingerprint density at radius 3 is 3.00 bits per heavy atom. The molecule has 6 heteroatoms. The van der Waals surface area contributed by atoms with Crippen molar-refractivity contribution in [2.75, 3.05) is 11.5 Å². The Balaban J connectivity index is 1.65. The highest BCUT2D eigenvalue weighted by Gasteiger charge is 2.26. The van der Waals surface area contributed by atoms with Crippen LogP contribution in [0, 0.1) is 0 Å². The number of rotatable bonds is 3. The number of fused-ring (bicyclic) bond motifs is 2. The predicted octanol–water partition coefficient (Wildman–Crippen LogP) is 4.49. The predicted molar refractivity (Wildman–Crippen MR) is 97.9 cm³/mol. The molecular formula is C17H13ClN2OS2. The molecular weight excluding hydrogens is 348 g/mol. The third-order valence-electron chi connectivity index (χ3n) is 3.78. The summed E-state index contributed by atoms with van der Waals surface area (Å²) in [6.07, 6.45) is 0. The van der Waals surface area contributed by atoms with Gasteiger partial charge in [-0.2, -0.15) is 0 Å². The minimum absolute atomic E-state index is 0.0623. The van der Waals surface area contributed by atoms with E-state index in [4.69, 9.17) is 11.6 Å². The van der Waals surface area contributed by atoms with Crippen molar-refractivity contribution in [3.63, 3.8) is 0 Å². The van der Waals surface area contributed by atoms with Gasteiger partial charge >= 0.3 is 0 Å². The van der Waals surface area contributed by atoms with Crippen LogP contribution in [0.1, 0.15) is 6.04 Å². The summed E-state index contributed by atoms with van der Waals surface area (Å²) in [5.41, 5.74) is 0.840. The van der Waals surface area contributed by atoms with E-state index in [1.807, 2.05) is 53.1 Å². The fourth-order valence-electron chi connectivity index (χ4n) is 2.67. The molecule has 0 spiro atoms. The first-order valence-corrected chi connectivity index (χ1v) is 9.60. The van der Waals surface area contributed by atoms with Crippen LogP contribution in [0.2, 0.25) is 5.02 Å². The van der Waals surface area contributed by atoms with Crippen LogP contribution >= 0.6 is 35.1 Å². The van der Waals surface area contributed by atoms with Crippen LogP contribution in [0.5, 0.6) is 0 Å². The molecule has 0 N–H and O–H groups in total. The first kappa shape index (κ1) is 15.1. The minimum atomic E-state index is 0.0623. The number of nitrogens with zero attached hydrogens (tertiary/aromatic N) is 2. The van der Waals surface area contributed by atoms with Crippen molar-refractivity contribution in [3.8, 4) is 0 Å². The molecule has 0 saturated heterocycles.